The number of hydrogen-bond donors (Lipinski definition) is 1. The van der Waals surface area contributed by atoms with E-state index in [1.807, 2.05) is 6.07 Å². The van der Waals surface area contributed by atoms with Gasteiger partial charge in [0.25, 0.3) is 0 Å². The van der Waals surface area contributed by atoms with Crippen LogP contribution in [0.1, 0.15) is 6.42 Å². The van der Waals surface area contributed by atoms with Crippen LogP contribution < -0.4 is 5.32 Å². The van der Waals surface area contributed by atoms with Crippen LogP contribution in [0.3, 0.4) is 0 Å². The Hall–Kier alpha value is -1.47. The molecule has 0 atom stereocenters. The summed E-state index contributed by atoms with van der Waals surface area (Å²) in [4.78, 5) is 30.6. The van der Waals surface area contributed by atoms with E-state index in [2.05, 4.69) is 26.2 Å². The van der Waals surface area contributed by atoms with E-state index in [0.717, 1.165) is 4.47 Å². The number of carbonyl (C=O) groups is 2. The molecule has 2 amide bonds. The number of likely N-dealkylation sites (N-methyl/N-ethyl adjacent to an activating group) is 1. The van der Waals surface area contributed by atoms with Crippen LogP contribution in [0, 0.1) is 0 Å². The number of halogens is 1. The Bertz CT molecular complexity index is 462. The third-order valence-corrected chi connectivity index (χ3v) is 3.08. The largest absolute Gasteiger partial charge is 0.349 e. The number of nitrogens with one attached hydrogen (secondary N) is 1. The van der Waals surface area contributed by atoms with E-state index in [0.29, 0.717) is 18.8 Å². The lowest BCUT2D eigenvalue weighted by Gasteiger charge is -2.17. The second kappa shape index (κ2) is 7.96. The summed E-state index contributed by atoms with van der Waals surface area (Å²) in [5.41, 5.74) is 0. The van der Waals surface area contributed by atoms with E-state index in [1.165, 1.54) is 0 Å². The number of amides is 2. The smallest absolute Gasteiger partial charge is 0.239 e. The molecule has 7 heteroatoms. The first-order valence-electron chi connectivity index (χ1n) is 6.18. The molecular weight excluding hydrogens is 324 g/mol. The molecule has 20 heavy (non-hydrogen) atoms. The maximum Gasteiger partial charge on any atom is 0.239 e. The average Bonchev–Trinajstić information content (AvgIpc) is 2.38. The minimum Gasteiger partial charge on any atom is -0.349 e. The van der Waals surface area contributed by atoms with Gasteiger partial charge in [0.1, 0.15) is 5.82 Å². The van der Waals surface area contributed by atoms with Crippen molar-refractivity contribution in [2.24, 2.45) is 0 Å². The second-order valence-electron chi connectivity index (χ2n) is 4.69. The predicted molar refractivity (Wildman–Crippen MR) is 81.4 cm³/mol. The van der Waals surface area contributed by atoms with Gasteiger partial charge in [-0.2, -0.15) is 0 Å². The fourth-order valence-corrected chi connectivity index (χ4v) is 1.70. The van der Waals surface area contributed by atoms with Crippen LogP contribution in [0.25, 0.3) is 0 Å². The van der Waals surface area contributed by atoms with Crippen molar-refractivity contribution in [2.75, 3.05) is 39.5 Å². The zero-order chi connectivity index (χ0) is 15.1. The van der Waals surface area contributed by atoms with Gasteiger partial charge < -0.3 is 10.2 Å². The highest BCUT2D eigenvalue weighted by molar-refractivity contribution is 9.10. The predicted octanol–water partition coefficient (Wildman–Crippen LogP) is 1.19. The minimum absolute atomic E-state index is 0.0480. The highest BCUT2D eigenvalue weighted by Gasteiger charge is 2.10. The highest BCUT2D eigenvalue weighted by atomic mass is 79.9. The van der Waals surface area contributed by atoms with Gasteiger partial charge in [0.2, 0.25) is 11.8 Å². The van der Waals surface area contributed by atoms with Crippen molar-refractivity contribution in [3.63, 3.8) is 0 Å². The second-order valence-corrected chi connectivity index (χ2v) is 5.60. The van der Waals surface area contributed by atoms with E-state index < -0.39 is 0 Å². The molecule has 0 unspecified atom stereocenters. The van der Waals surface area contributed by atoms with Crippen molar-refractivity contribution in [1.82, 2.24) is 14.8 Å². The molecular formula is C13H19BrN4O2. The van der Waals surface area contributed by atoms with E-state index in [4.69, 9.17) is 0 Å². The SMILES string of the molecule is CN(CCC(=O)N(C)C)CC(=O)Nc1ccc(Br)cn1. The fourth-order valence-electron chi connectivity index (χ4n) is 1.47. The van der Waals surface area contributed by atoms with Gasteiger partial charge in [-0.1, -0.05) is 0 Å². The summed E-state index contributed by atoms with van der Waals surface area (Å²) in [6.07, 6.45) is 2.02. The number of rotatable bonds is 6. The Kier molecular flexibility index (Phi) is 6.60. The molecule has 0 saturated carbocycles. The maximum atomic E-state index is 11.8. The van der Waals surface area contributed by atoms with E-state index in [-0.39, 0.29) is 18.4 Å². The molecule has 0 saturated heterocycles. The lowest BCUT2D eigenvalue weighted by molar-refractivity contribution is -0.129. The number of carbonyl (C=O) groups excluding carboxylic acids is 2. The number of anilines is 1. The van der Waals surface area contributed by atoms with Crippen LogP contribution in [0.15, 0.2) is 22.8 Å². The van der Waals surface area contributed by atoms with Crippen LogP contribution in [-0.2, 0) is 9.59 Å². The maximum absolute atomic E-state index is 11.8. The Morgan fingerprint density at radius 1 is 1.30 bits per heavy atom. The average molecular weight is 343 g/mol. The Balaban J connectivity index is 2.34. The molecule has 0 radical (unpaired) electrons. The molecule has 1 aromatic heterocycles. The molecule has 1 heterocycles. The minimum atomic E-state index is -0.153. The fraction of sp³-hybridized carbons (Fsp3) is 0.462. The first-order chi connectivity index (χ1) is 9.38. The van der Waals surface area contributed by atoms with Crippen molar-refractivity contribution < 1.29 is 9.59 Å². The molecule has 0 spiro atoms. The van der Waals surface area contributed by atoms with Gasteiger partial charge in [0, 0.05) is 37.7 Å². The lowest BCUT2D eigenvalue weighted by Crippen LogP contribution is -2.33. The number of pyridine rings is 1. The van der Waals surface area contributed by atoms with Gasteiger partial charge in [-0.05, 0) is 35.1 Å². The van der Waals surface area contributed by atoms with E-state index >= 15 is 0 Å². The third kappa shape index (κ3) is 6.12. The van der Waals surface area contributed by atoms with Crippen molar-refractivity contribution in [3.8, 4) is 0 Å². The zero-order valence-electron chi connectivity index (χ0n) is 11.9. The standard InChI is InChI=1S/C13H19BrN4O2/c1-17(2)13(20)6-7-18(3)9-12(19)16-11-5-4-10(14)8-15-11/h4-5,8H,6-7,9H2,1-3H3,(H,15,16,19). The summed E-state index contributed by atoms with van der Waals surface area (Å²) in [7, 11) is 5.24. The zero-order valence-corrected chi connectivity index (χ0v) is 13.5. The monoisotopic (exact) mass is 342 g/mol. The summed E-state index contributed by atoms with van der Waals surface area (Å²) in [6.45, 7) is 0.761. The van der Waals surface area contributed by atoms with E-state index in [9.17, 15) is 9.59 Å². The molecule has 0 bridgehead atoms. The van der Waals surface area contributed by atoms with Crippen molar-refractivity contribution >= 4 is 33.6 Å². The molecule has 1 rings (SSSR count). The van der Waals surface area contributed by atoms with Gasteiger partial charge in [-0.15, -0.1) is 0 Å². The quantitative estimate of drug-likeness (QED) is 0.843. The van der Waals surface area contributed by atoms with Crippen LogP contribution in [0.2, 0.25) is 0 Å². The van der Waals surface area contributed by atoms with Crippen LogP contribution in [0.4, 0.5) is 5.82 Å². The Labute approximate surface area is 127 Å². The summed E-state index contributed by atoms with van der Waals surface area (Å²) in [6, 6.07) is 3.53. The number of hydrogen-bond acceptors (Lipinski definition) is 4. The summed E-state index contributed by atoms with van der Waals surface area (Å²) >= 11 is 3.28. The molecule has 0 aliphatic carbocycles. The third-order valence-electron chi connectivity index (χ3n) is 2.61. The van der Waals surface area contributed by atoms with Crippen molar-refractivity contribution in [3.05, 3.63) is 22.8 Å². The Morgan fingerprint density at radius 2 is 2.00 bits per heavy atom. The summed E-state index contributed by atoms with van der Waals surface area (Å²) in [5, 5.41) is 2.70. The highest BCUT2D eigenvalue weighted by Crippen LogP contribution is 2.10. The molecule has 1 aromatic rings. The molecule has 0 aliphatic rings. The first-order valence-corrected chi connectivity index (χ1v) is 6.98. The summed E-state index contributed by atoms with van der Waals surface area (Å²) < 4.78 is 0.856. The molecule has 0 aliphatic heterocycles. The first kappa shape index (κ1) is 16.6. The topological polar surface area (TPSA) is 65.5 Å². The number of aromatic nitrogens is 1. The molecule has 1 N–H and O–H groups in total. The van der Waals surface area contributed by atoms with Gasteiger partial charge in [-0.25, -0.2) is 4.98 Å². The molecule has 0 aromatic carbocycles. The van der Waals surface area contributed by atoms with Gasteiger partial charge in [0.15, 0.2) is 0 Å². The van der Waals surface area contributed by atoms with Gasteiger partial charge in [-0.3, -0.25) is 14.5 Å². The number of nitrogens with zero attached hydrogens (tertiary/aromatic N) is 3. The summed E-state index contributed by atoms with van der Waals surface area (Å²) in [5.74, 6) is 0.405. The van der Waals surface area contributed by atoms with Gasteiger partial charge in [0.05, 0.1) is 6.54 Å². The van der Waals surface area contributed by atoms with Crippen LogP contribution in [-0.4, -0.2) is 60.8 Å². The molecule has 110 valence electrons. The van der Waals surface area contributed by atoms with Crippen LogP contribution in [0.5, 0.6) is 0 Å². The van der Waals surface area contributed by atoms with E-state index in [1.54, 1.807) is 43.2 Å². The Morgan fingerprint density at radius 3 is 2.55 bits per heavy atom. The normalized spacial score (nSPS) is 10.4. The molecule has 0 fully saturated rings. The molecule has 6 nitrogen and oxygen atoms in total. The van der Waals surface area contributed by atoms with Gasteiger partial charge >= 0.3 is 0 Å². The van der Waals surface area contributed by atoms with Crippen molar-refractivity contribution in [2.45, 2.75) is 6.42 Å². The van der Waals surface area contributed by atoms with Crippen molar-refractivity contribution in [1.29, 1.82) is 0 Å². The van der Waals surface area contributed by atoms with Crippen LogP contribution >= 0.6 is 15.9 Å². The lowest BCUT2D eigenvalue weighted by atomic mass is 10.3.